The lowest BCUT2D eigenvalue weighted by Gasteiger charge is -2.41. The molecule has 1 N–H and O–H groups in total. The normalized spacial score (nSPS) is 24.9. The molecule has 2 atom stereocenters. The van der Waals surface area contributed by atoms with Crippen LogP contribution in [0.25, 0.3) is 0 Å². The van der Waals surface area contributed by atoms with Gasteiger partial charge in [-0.1, -0.05) is 45.7 Å². The summed E-state index contributed by atoms with van der Waals surface area (Å²) in [4.78, 5) is 0. The van der Waals surface area contributed by atoms with E-state index in [1.54, 1.807) is 0 Å². The molecule has 0 amide bonds. The van der Waals surface area contributed by atoms with Gasteiger partial charge in [0.25, 0.3) is 0 Å². The van der Waals surface area contributed by atoms with Crippen molar-refractivity contribution >= 4 is 5.69 Å². The molecule has 0 aliphatic heterocycles. The predicted molar refractivity (Wildman–Crippen MR) is 80.0 cm³/mol. The first kappa shape index (κ1) is 13.5. The number of benzene rings is 1. The summed E-state index contributed by atoms with van der Waals surface area (Å²) in [6, 6.07) is 9.40. The van der Waals surface area contributed by atoms with Crippen LogP contribution < -0.4 is 5.32 Å². The molecule has 1 nitrogen and oxygen atoms in total. The van der Waals surface area contributed by atoms with Crippen molar-refractivity contribution < 1.29 is 0 Å². The van der Waals surface area contributed by atoms with Crippen LogP contribution in [0.2, 0.25) is 0 Å². The number of aryl methyl sites for hydroxylation is 1. The molecule has 1 aliphatic rings. The van der Waals surface area contributed by atoms with E-state index in [0.29, 0.717) is 11.5 Å². The summed E-state index contributed by atoms with van der Waals surface area (Å²) in [5, 5.41) is 3.78. The highest BCUT2D eigenvalue weighted by atomic mass is 14.9. The molecule has 1 aliphatic carbocycles. The minimum Gasteiger partial charge on any atom is -0.382 e. The van der Waals surface area contributed by atoms with Crippen LogP contribution in [0.15, 0.2) is 24.3 Å². The van der Waals surface area contributed by atoms with E-state index in [0.717, 1.165) is 5.92 Å². The molecule has 100 valence electrons. The summed E-state index contributed by atoms with van der Waals surface area (Å²) in [6.45, 7) is 9.31. The van der Waals surface area contributed by atoms with E-state index in [1.165, 1.54) is 36.9 Å². The third-order valence-electron chi connectivity index (χ3n) is 4.25. The van der Waals surface area contributed by atoms with Gasteiger partial charge in [0.15, 0.2) is 0 Å². The SMILES string of the molecule is Cc1cccc(NC2CCCCC2C(C)(C)C)c1. The molecule has 0 bridgehead atoms. The molecule has 1 aromatic carbocycles. The summed E-state index contributed by atoms with van der Waals surface area (Å²) in [7, 11) is 0. The van der Waals surface area contributed by atoms with Crippen molar-refractivity contribution in [2.45, 2.75) is 59.4 Å². The van der Waals surface area contributed by atoms with Crippen molar-refractivity contribution in [1.29, 1.82) is 0 Å². The minimum atomic E-state index is 0.405. The van der Waals surface area contributed by atoms with Crippen LogP contribution >= 0.6 is 0 Å². The van der Waals surface area contributed by atoms with Crippen LogP contribution in [0.4, 0.5) is 5.69 Å². The number of hydrogen-bond donors (Lipinski definition) is 1. The van der Waals surface area contributed by atoms with Gasteiger partial charge in [0.1, 0.15) is 0 Å². The van der Waals surface area contributed by atoms with Crippen molar-refractivity contribution in [2.24, 2.45) is 11.3 Å². The predicted octanol–water partition coefficient (Wildman–Crippen LogP) is 5.01. The first-order valence-corrected chi connectivity index (χ1v) is 7.30. The Morgan fingerprint density at radius 1 is 1.11 bits per heavy atom. The van der Waals surface area contributed by atoms with Crippen LogP contribution in [0.5, 0.6) is 0 Å². The Labute approximate surface area is 112 Å². The second kappa shape index (κ2) is 5.34. The fourth-order valence-electron chi connectivity index (χ4n) is 3.29. The smallest absolute Gasteiger partial charge is 0.0345 e. The van der Waals surface area contributed by atoms with Crippen molar-refractivity contribution in [2.75, 3.05) is 5.32 Å². The van der Waals surface area contributed by atoms with Gasteiger partial charge in [-0.2, -0.15) is 0 Å². The number of rotatable bonds is 2. The zero-order chi connectivity index (χ0) is 13.2. The van der Waals surface area contributed by atoms with E-state index in [-0.39, 0.29) is 0 Å². The van der Waals surface area contributed by atoms with Crippen LogP contribution in [-0.4, -0.2) is 6.04 Å². The third-order valence-corrected chi connectivity index (χ3v) is 4.25. The Morgan fingerprint density at radius 3 is 2.50 bits per heavy atom. The topological polar surface area (TPSA) is 12.0 Å². The maximum Gasteiger partial charge on any atom is 0.0345 e. The van der Waals surface area contributed by atoms with Crippen LogP contribution in [0, 0.1) is 18.3 Å². The standard InChI is InChI=1S/C17H27N/c1-13-8-7-9-14(12-13)18-16-11-6-5-10-15(16)17(2,3)4/h7-9,12,15-16,18H,5-6,10-11H2,1-4H3. The molecule has 0 heterocycles. The molecule has 18 heavy (non-hydrogen) atoms. The first-order valence-electron chi connectivity index (χ1n) is 7.30. The second-order valence-corrected chi connectivity index (χ2v) is 6.88. The van der Waals surface area contributed by atoms with Gasteiger partial charge in [-0.15, -0.1) is 0 Å². The van der Waals surface area contributed by atoms with Crippen LogP contribution in [0.1, 0.15) is 52.0 Å². The Hall–Kier alpha value is -0.980. The van der Waals surface area contributed by atoms with Crippen LogP contribution in [0.3, 0.4) is 0 Å². The second-order valence-electron chi connectivity index (χ2n) is 6.88. The van der Waals surface area contributed by atoms with E-state index in [9.17, 15) is 0 Å². The fraction of sp³-hybridized carbons (Fsp3) is 0.647. The van der Waals surface area contributed by atoms with Crippen molar-refractivity contribution in [3.8, 4) is 0 Å². The Kier molecular flexibility index (Phi) is 3.99. The van der Waals surface area contributed by atoms with Crippen LogP contribution in [-0.2, 0) is 0 Å². The molecular weight excluding hydrogens is 218 g/mol. The number of anilines is 1. The Bertz CT molecular complexity index is 389. The van der Waals surface area contributed by atoms with Crippen molar-refractivity contribution in [1.82, 2.24) is 0 Å². The lowest BCUT2D eigenvalue weighted by atomic mass is 9.69. The lowest BCUT2D eigenvalue weighted by molar-refractivity contribution is 0.163. The zero-order valence-electron chi connectivity index (χ0n) is 12.3. The molecule has 1 aromatic rings. The van der Waals surface area contributed by atoms with E-state index in [4.69, 9.17) is 0 Å². The molecule has 1 saturated carbocycles. The van der Waals surface area contributed by atoms with Crippen molar-refractivity contribution in [3.05, 3.63) is 29.8 Å². The maximum absolute atomic E-state index is 3.78. The quantitative estimate of drug-likeness (QED) is 0.772. The molecule has 0 aromatic heterocycles. The van der Waals surface area contributed by atoms with Gasteiger partial charge in [0, 0.05) is 11.7 Å². The van der Waals surface area contributed by atoms with Crippen molar-refractivity contribution in [3.63, 3.8) is 0 Å². The Morgan fingerprint density at radius 2 is 1.83 bits per heavy atom. The molecule has 0 spiro atoms. The monoisotopic (exact) mass is 245 g/mol. The van der Waals surface area contributed by atoms with Gasteiger partial charge in [0.2, 0.25) is 0 Å². The summed E-state index contributed by atoms with van der Waals surface area (Å²) in [5.41, 5.74) is 3.03. The fourth-order valence-corrected chi connectivity index (χ4v) is 3.29. The highest BCUT2D eigenvalue weighted by molar-refractivity contribution is 5.46. The maximum atomic E-state index is 3.78. The molecule has 1 heteroatoms. The van der Waals surface area contributed by atoms with Gasteiger partial charge in [0.05, 0.1) is 0 Å². The van der Waals surface area contributed by atoms with Gasteiger partial charge in [-0.25, -0.2) is 0 Å². The lowest BCUT2D eigenvalue weighted by Crippen LogP contribution is -2.39. The third kappa shape index (κ3) is 3.28. The molecule has 0 radical (unpaired) electrons. The van der Waals surface area contributed by atoms with E-state index < -0.39 is 0 Å². The first-order chi connectivity index (χ1) is 8.47. The van der Waals surface area contributed by atoms with E-state index in [1.807, 2.05) is 0 Å². The van der Waals surface area contributed by atoms with Gasteiger partial charge < -0.3 is 5.32 Å². The summed E-state index contributed by atoms with van der Waals surface area (Å²) in [5.74, 6) is 0.784. The average molecular weight is 245 g/mol. The minimum absolute atomic E-state index is 0.405. The molecule has 1 fully saturated rings. The number of hydrogen-bond acceptors (Lipinski definition) is 1. The zero-order valence-corrected chi connectivity index (χ0v) is 12.3. The Balaban J connectivity index is 2.10. The summed E-state index contributed by atoms with van der Waals surface area (Å²) < 4.78 is 0. The molecular formula is C17H27N. The van der Waals surface area contributed by atoms with Gasteiger partial charge >= 0.3 is 0 Å². The summed E-state index contributed by atoms with van der Waals surface area (Å²) in [6.07, 6.45) is 5.45. The summed E-state index contributed by atoms with van der Waals surface area (Å²) >= 11 is 0. The molecule has 2 rings (SSSR count). The highest BCUT2D eigenvalue weighted by Gasteiger charge is 2.33. The van der Waals surface area contributed by atoms with E-state index in [2.05, 4.69) is 57.3 Å². The average Bonchev–Trinajstić information content (AvgIpc) is 2.28. The van der Waals surface area contributed by atoms with Gasteiger partial charge in [-0.05, 0) is 48.8 Å². The molecule has 2 unspecified atom stereocenters. The highest BCUT2D eigenvalue weighted by Crippen LogP contribution is 2.39. The van der Waals surface area contributed by atoms with E-state index >= 15 is 0 Å². The molecule has 0 saturated heterocycles. The van der Waals surface area contributed by atoms with Gasteiger partial charge in [-0.3, -0.25) is 0 Å². The largest absolute Gasteiger partial charge is 0.382 e. The number of nitrogens with one attached hydrogen (secondary N) is 1.